The smallest absolute Gasteiger partial charge is 0.244 e. The molecule has 3 aromatic rings. The van der Waals surface area contributed by atoms with Crippen LogP contribution in [0.3, 0.4) is 0 Å². The number of rotatable bonds is 7. The quantitative estimate of drug-likeness (QED) is 0.479. The molecule has 5 heteroatoms. The summed E-state index contributed by atoms with van der Waals surface area (Å²) in [5.74, 6) is 1.01. The Balaban J connectivity index is 1.51. The number of methoxy groups -OCH3 is 2. The SMILES string of the molecule is COc1ccc(/C=N/NC(=O)C2CC2(c2ccccc2)c2ccccc2)cc1OC. The molecule has 0 heterocycles. The van der Waals surface area contributed by atoms with Gasteiger partial charge >= 0.3 is 0 Å². The van der Waals surface area contributed by atoms with Crippen molar-refractivity contribution in [2.45, 2.75) is 11.8 Å². The van der Waals surface area contributed by atoms with E-state index in [1.807, 2.05) is 48.5 Å². The highest BCUT2D eigenvalue weighted by molar-refractivity contribution is 5.88. The van der Waals surface area contributed by atoms with Gasteiger partial charge in [-0.05, 0) is 41.3 Å². The number of nitrogens with one attached hydrogen (secondary N) is 1. The van der Waals surface area contributed by atoms with Crippen molar-refractivity contribution in [3.8, 4) is 11.5 Å². The molecular weight excluding hydrogens is 376 g/mol. The second-order valence-electron chi connectivity index (χ2n) is 7.31. The fourth-order valence-corrected chi connectivity index (χ4v) is 4.04. The Bertz CT molecular complexity index is 1010. The van der Waals surface area contributed by atoms with Gasteiger partial charge in [0.25, 0.3) is 0 Å². The van der Waals surface area contributed by atoms with E-state index in [1.54, 1.807) is 26.5 Å². The van der Waals surface area contributed by atoms with Crippen LogP contribution in [0, 0.1) is 5.92 Å². The second kappa shape index (κ2) is 8.41. The van der Waals surface area contributed by atoms with E-state index >= 15 is 0 Å². The van der Waals surface area contributed by atoms with Crippen molar-refractivity contribution in [3.63, 3.8) is 0 Å². The van der Waals surface area contributed by atoms with E-state index in [0.717, 1.165) is 23.1 Å². The van der Waals surface area contributed by atoms with Crippen molar-refractivity contribution in [2.75, 3.05) is 14.2 Å². The molecule has 1 aliphatic carbocycles. The number of nitrogens with zero attached hydrogens (tertiary/aromatic N) is 1. The largest absolute Gasteiger partial charge is 0.493 e. The van der Waals surface area contributed by atoms with E-state index in [-0.39, 0.29) is 17.2 Å². The zero-order valence-electron chi connectivity index (χ0n) is 17.0. The Morgan fingerprint density at radius 2 is 1.53 bits per heavy atom. The molecule has 1 fully saturated rings. The summed E-state index contributed by atoms with van der Waals surface area (Å²) in [6, 6.07) is 25.9. The number of hydrazone groups is 1. The molecule has 0 spiro atoms. The Hall–Kier alpha value is -3.60. The highest BCUT2D eigenvalue weighted by atomic mass is 16.5. The van der Waals surface area contributed by atoms with E-state index in [1.165, 1.54) is 0 Å². The summed E-state index contributed by atoms with van der Waals surface area (Å²) in [6.45, 7) is 0. The van der Waals surface area contributed by atoms with Crippen molar-refractivity contribution in [2.24, 2.45) is 11.0 Å². The number of carbonyl (C=O) groups excluding carboxylic acids is 1. The van der Waals surface area contributed by atoms with Crippen LogP contribution in [0.25, 0.3) is 0 Å². The molecule has 152 valence electrons. The van der Waals surface area contributed by atoms with Crippen molar-refractivity contribution < 1.29 is 14.3 Å². The average Bonchev–Trinajstić information content (AvgIpc) is 3.57. The van der Waals surface area contributed by atoms with Gasteiger partial charge in [0.2, 0.25) is 5.91 Å². The minimum absolute atomic E-state index is 0.0839. The standard InChI is InChI=1S/C25H24N2O3/c1-29-22-14-13-18(15-23(22)30-2)17-26-27-24(28)21-16-25(21,19-9-5-3-6-10-19)20-11-7-4-8-12-20/h3-15,17,21H,16H2,1-2H3,(H,27,28)/b26-17+. The van der Waals surface area contributed by atoms with Gasteiger partial charge in [-0.15, -0.1) is 0 Å². The normalized spacial score (nSPS) is 16.8. The van der Waals surface area contributed by atoms with Crippen LogP contribution < -0.4 is 14.9 Å². The number of hydrogen-bond acceptors (Lipinski definition) is 4. The monoisotopic (exact) mass is 400 g/mol. The summed E-state index contributed by atoms with van der Waals surface area (Å²) in [5.41, 5.74) is 5.52. The lowest BCUT2D eigenvalue weighted by Gasteiger charge is -2.18. The third-order valence-electron chi connectivity index (χ3n) is 5.65. The van der Waals surface area contributed by atoms with Crippen LogP contribution in [0.5, 0.6) is 11.5 Å². The second-order valence-corrected chi connectivity index (χ2v) is 7.31. The van der Waals surface area contributed by atoms with Crippen molar-refractivity contribution in [1.29, 1.82) is 0 Å². The fourth-order valence-electron chi connectivity index (χ4n) is 4.04. The number of ether oxygens (including phenoxy) is 2. The van der Waals surface area contributed by atoms with Gasteiger partial charge in [0.05, 0.1) is 26.4 Å². The van der Waals surface area contributed by atoms with Crippen LogP contribution in [-0.4, -0.2) is 26.3 Å². The molecule has 30 heavy (non-hydrogen) atoms. The van der Waals surface area contributed by atoms with E-state index < -0.39 is 0 Å². The van der Waals surface area contributed by atoms with E-state index in [0.29, 0.717) is 11.5 Å². The highest BCUT2D eigenvalue weighted by Gasteiger charge is 2.60. The van der Waals surface area contributed by atoms with E-state index in [4.69, 9.17) is 9.47 Å². The zero-order chi connectivity index (χ0) is 21.0. The predicted octanol–water partition coefficient (Wildman–Crippen LogP) is 4.16. The predicted molar refractivity (Wildman–Crippen MR) is 117 cm³/mol. The lowest BCUT2D eigenvalue weighted by atomic mass is 9.85. The molecule has 0 bridgehead atoms. The summed E-state index contributed by atoms with van der Waals surface area (Å²) in [6.07, 6.45) is 2.37. The maximum absolute atomic E-state index is 12.9. The van der Waals surface area contributed by atoms with Crippen LogP contribution in [0.15, 0.2) is 84.0 Å². The molecule has 1 saturated carbocycles. The molecule has 1 amide bonds. The molecule has 4 rings (SSSR count). The fraction of sp³-hybridized carbons (Fsp3) is 0.200. The minimum Gasteiger partial charge on any atom is -0.493 e. The van der Waals surface area contributed by atoms with Crippen molar-refractivity contribution >= 4 is 12.1 Å². The molecule has 0 aliphatic heterocycles. The molecule has 5 nitrogen and oxygen atoms in total. The first-order valence-electron chi connectivity index (χ1n) is 9.85. The first kappa shape index (κ1) is 19.7. The van der Waals surface area contributed by atoms with E-state index in [2.05, 4.69) is 34.8 Å². The molecule has 3 aromatic carbocycles. The lowest BCUT2D eigenvalue weighted by Crippen LogP contribution is -2.25. The summed E-state index contributed by atoms with van der Waals surface area (Å²) in [4.78, 5) is 12.9. The van der Waals surface area contributed by atoms with Crippen molar-refractivity contribution in [3.05, 3.63) is 95.6 Å². The van der Waals surface area contributed by atoms with Gasteiger partial charge in [-0.1, -0.05) is 60.7 Å². The first-order chi connectivity index (χ1) is 14.7. The summed E-state index contributed by atoms with van der Waals surface area (Å²) in [5, 5.41) is 4.17. The third kappa shape index (κ3) is 3.66. The number of amides is 1. The zero-order valence-corrected chi connectivity index (χ0v) is 17.0. The van der Waals surface area contributed by atoms with Crippen LogP contribution in [0.4, 0.5) is 0 Å². The molecule has 0 saturated heterocycles. The average molecular weight is 400 g/mol. The van der Waals surface area contributed by atoms with E-state index in [9.17, 15) is 4.79 Å². The van der Waals surface area contributed by atoms with Gasteiger partial charge in [0.1, 0.15) is 0 Å². The third-order valence-corrected chi connectivity index (χ3v) is 5.65. The highest BCUT2D eigenvalue weighted by Crippen LogP contribution is 2.58. The molecule has 1 N–H and O–H groups in total. The number of hydrogen-bond donors (Lipinski definition) is 1. The van der Waals surface area contributed by atoms with Gasteiger partial charge in [-0.25, -0.2) is 5.43 Å². The molecule has 1 aliphatic rings. The maximum Gasteiger partial charge on any atom is 0.244 e. The maximum atomic E-state index is 12.9. The lowest BCUT2D eigenvalue weighted by molar-refractivity contribution is -0.122. The van der Waals surface area contributed by atoms with Crippen LogP contribution in [0.1, 0.15) is 23.1 Å². The van der Waals surface area contributed by atoms with Crippen LogP contribution in [-0.2, 0) is 10.2 Å². The molecule has 0 radical (unpaired) electrons. The number of carbonyl (C=O) groups is 1. The molecular formula is C25H24N2O3. The van der Waals surface area contributed by atoms with Gasteiger partial charge < -0.3 is 9.47 Å². The van der Waals surface area contributed by atoms with Gasteiger partial charge in [0.15, 0.2) is 11.5 Å². The van der Waals surface area contributed by atoms with Gasteiger partial charge in [-0.3, -0.25) is 4.79 Å². The molecule has 1 unspecified atom stereocenters. The molecule has 1 atom stereocenters. The number of benzene rings is 3. The Morgan fingerprint density at radius 3 is 2.10 bits per heavy atom. The Labute approximate surface area is 176 Å². The summed E-state index contributed by atoms with van der Waals surface area (Å²) >= 11 is 0. The Kier molecular flexibility index (Phi) is 5.53. The summed E-state index contributed by atoms with van der Waals surface area (Å²) in [7, 11) is 3.17. The minimum atomic E-state index is -0.300. The van der Waals surface area contributed by atoms with Crippen molar-refractivity contribution in [1.82, 2.24) is 5.43 Å². The molecule has 0 aromatic heterocycles. The van der Waals surface area contributed by atoms with Gasteiger partial charge in [0, 0.05) is 5.41 Å². The van der Waals surface area contributed by atoms with Crippen LogP contribution >= 0.6 is 0 Å². The van der Waals surface area contributed by atoms with Crippen LogP contribution in [0.2, 0.25) is 0 Å². The first-order valence-corrected chi connectivity index (χ1v) is 9.85. The summed E-state index contributed by atoms with van der Waals surface area (Å²) < 4.78 is 10.5. The topological polar surface area (TPSA) is 59.9 Å². The Morgan fingerprint density at radius 1 is 0.933 bits per heavy atom. The van der Waals surface area contributed by atoms with Gasteiger partial charge in [-0.2, -0.15) is 5.10 Å².